The van der Waals surface area contributed by atoms with Crippen molar-refractivity contribution in [3.63, 3.8) is 0 Å². The molecule has 1 saturated heterocycles. The van der Waals surface area contributed by atoms with Crippen LogP contribution < -0.4 is 10.1 Å². The first-order valence-electron chi connectivity index (χ1n) is 10.2. The summed E-state index contributed by atoms with van der Waals surface area (Å²) in [6.45, 7) is 4.89. The Morgan fingerprint density at radius 3 is 2.82 bits per heavy atom. The molecular weight excluding hydrogens is 348 g/mol. The minimum absolute atomic E-state index is 0.595. The van der Waals surface area contributed by atoms with Crippen LogP contribution in [0.15, 0.2) is 59.0 Å². The first-order chi connectivity index (χ1) is 13.8. The van der Waals surface area contributed by atoms with Gasteiger partial charge in [-0.25, -0.2) is 4.98 Å². The van der Waals surface area contributed by atoms with Crippen LogP contribution >= 0.6 is 0 Å². The molecule has 1 atom stereocenters. The quantitative estimate of drug-likeness (QED) is 0.613. The molecule has 1 aliphatic heterocycles. The van der Waals surface area contributed by atoms with E-state index in [2.05, 4.69) is 28.5 Å². The highest BCUT2D eigenvalue weighted by Gasteiger charge is 2.14. The lowest BCUT2D eigenvalue weighted by Gasteiger charge is -2.10. The van der Waals surface area contributed by atoms with E-state index in [9.17, 15) is 0 Å². The minimum Gasteiger partial charge on any atom is -0.493 e. The topological polar surface area (TPSA) is 47.3 Å². The number of aromatic nitrogens is 1. The van der Waals surface area contributed by atoms with E-state index in [1.165, 1.54) is 24.9 Å². The average Bonchev–Trinajstić information content (AvgIpc) is 3.38. The van der Waals surface area contributed by atoms with Gasteiger partial charge in [-0.05, 0) is 75.0 Å². The van der Waals surface area contributed by atoms with Crippen molar-refractivity contribution in [3.05, 3.63) is 71.6 Å². The first kappa shape index (κ1) is 18.8. The number of hydrogen-bond acceptors (Lipinski definition) is 4. The number of rotatable bonds is 8. The van der Waals surface area contributed by atoms with Gasteiger partial charge in [-0.2, -0.15) is 0 Å². The Morgan fingerprint density at radius 2 is 2.00 bits per heavy atom. The number of oxazole rings is 1. The standard InChI is InChI=1S/C24H28N2O2/c1-18-23(26-24(28-18)21-7-3-2-4-8-21)13-15-27-22-9-5-6-19(16-22)10-11-20-12-14-25-17-20/h2-9,16,20,25H,10-15,17H2,1H3/t20-/m0/s1. The lowest BCUT2D eigenvalue weighted by molar-refractivity contribution is 0.319. The molecule has 3 aromatic rings. The van der Waals surface area contributed by atoms with Crippen LogP contribution in [0.5, 0.6) is 5.75 Å². The fourth-order valence-corrected chi connectivity index (χ4v) is 3.75. The summed E-state index contributed by atoms with van der Waals surface area (Å²) in [5.74, 6) is 3.29. The number of nitrogens with one attached hydrogen (secondary N) is 1. The van der Waals surface area contributed by atoms with Gasteiger partial charge in [0, 0.05) is 12.0 Å². The van der Waals surface area contributed by atoms with Gasteiger partial charge in [-0.15, -0.1) is 0 Å². The van der Waals surface area contributed by atoms with E-state index in [1.54, 1.807) is 0 Å². The van der Waals surface area contributed by atoms with Crippen LogP contribution in [0, 0.1) is 12.8 Å². The third-order valence-electron chi connectivity index (χ3n) is 5.42. The summed E-state index contributed by atoms with van der Waals surface area (Å²) in [7, 11) is 0. The minimum atomic E-state index is 0.595. The first-order valence-corrected chi connectivity index (χ1v) is 10.2. The number of nitrogens with zero attached hydrogens (tertiary/aromatic N) is 1. The van der Waals surface area contributed by atoms with Crippen molar-refractivity contribution in [1.29, 1.82) is 0 Å². The molecule has 4 heteroatoms. The van der Waals surface area contributed by atoms with Crippen LogP contribution in [0.25, 0.3) is 11.5 Å². The maximum Gasteiger partial charge on any atom is 0.226 e. The van der Waals surface area contributed by atoms with Crippen molar-refractivity contribution in [3.8, 4) is 17.2 Å². The van der Waals surface area contributed by atoms with Crippen molar-refractivity contribution < 1.29 is 9.15 Å². The molecule has 2 heterocycles. The fraction of sp³-hybridized carbons (Fsp3) is 0.375. The highest BCUT2D eigenvalue weighted by molar-refractivity contribution is 5.53. The molecular formula is C24H28N2O2. The molecule has 0 amide bonds. The maximum absolute atomic E-state index is 6.00. The van der Waals surface area contributed by atoms with E-state index >= 15 is 0 Å². The van der Waals surface area contributed by atoms with Crippen molar-refractivity contribution in [2.45, 2.75) is 32.6 Å². The molecule has 4 rings (SSSR count). The van der Waals surface area contributed by atoms with E-state index in [0.29, 0.717) is 12.5 Å². The molecule has 1 fully saturated rings. The fourth-order valence-electron chi connectivity index (χ4n) is 3.75. The second-order valence-corrected chi connectivity index (χ2v) is 7.53. The predicted molar refractivity (Wildman–Crippen MR) is 112 cm³/mol. The summed E-state index contributed by atoms with van der Waals surface area (Å²) < 4.78 is 11.8. The Labute approximate surface area is 167 Å². The van der Waals surface area contributed by atoms with Gasteiger partial charge in [-0.1, -0.05) is 30.3 Å². The zero-order valence-electron chi connectivity index (χ0n) is 16.5. The van der Waals surface area contributed by atoms with Crippen LogP contribution in [0.3, 0.4) is 0 Å². The van der Waals surface area contributed by atoms with E-state index in [4.69, 9.17) is 9.15 Å². The van der Waals surface area contributed by atoms with Crippen LogP contribution in [0.2, 0.25) is 0 Å². The SMILES string of the molecule is Cc1oc(-c2ccccc2)nc1CCOc1cccc(CC[C@H]2CCNC2)c1. The zero-order valence-corrected chi connectivity index (χ0v) is 16.5. The molecule has 0 spiro atoms. The molecule has 0 unspecified atom stereocenters. The van der Waals surface area contributed by atoms with Crippen LogP contribution in [0.1, 0.15) is 29.9 Å². The molecule has 1 aromatic heterocycles. The van der Waals surface area contributed by atoms with E-state index in [0.717, 1.165) is 48.1 Å². The third kappa shape index (κ3) is 4.82. The van der Waals surface area contributed by atoms with Gasteiger partial charge in [0.15, 0.2) is 0 Å². The Bertz CT molecular complexity index is 883. The predicted octanol–water partition coefficient (Wildman–Crippen LogP) is 4.81. The van der Waals surface area contributed by atoms with Gasteiger partial charge >= 0.3 is 0 Å². The third-order valence-corrected chi connectivity index (χ3v) is 5.42. The smallest absolute Gasteiger partial charge is 0.226 e. The Balaban J connectivity index is 1.30. The molecule has 1 aliphatic rings. The van der Waals surface area contributed by atoms with Gasteiger partial charge in [0.05, 0.1) is 12.3 Å². The molecule has 0 saturated carbocycles. The van der Waals surface area contributed by atoms with Crippen LogP contribution in [-0.4, -0.2) is 24.7 Å². The van der Waals surface area contributed by atoms with Gasteiger partial charge in [-0.3, -0.25) is 0 Å². The summed E-state index contributed by atoms with van der Waals surface area (Å²) in [6, 6.07) is 18.5. The van der Waals surface area contributed by atoms with E-state index < -0.39 is 0 Å². The van der Waals surface area contributed by atoms with Crippen LogP contribution in [-0.2, 0) is 12.8 Å². The Morgan fingerprint density at radius 1 is 1.11 bits per heavy atom. The van der Waals surface area contributed by atoms with Gasteiger partial charge in [0.2, 0.25) is 5.89 Å². The maximum atomic E-state index is 6.00. The molecule has 4 nitrogen and oxygen atoms in total. The summed E-state index contributed by atoms with van der Waals surface area (Å²) in [4.78, 5) is 4.65. The highest BCUT2D eigenvalue weighted by atomic mass is 16.5. The lowest BCUT2D eigenvalue weighted by atomic mass is 9.99. The van der Waals surface area contributed by atoms with Gasteiger partial charge in [0.25, 0.3) is 0 Å². The van der Waals surface area contributed by atoms with Gasteiger partial charge in [0.1, 0.15) is 11.5 Å². The van der Waals surface area contributed by atoms with Crippen LogP contribution in [0.4, 0.5) is 0 Å². The monoisotopic (exact) mass is 376 g/mol. The molecule has 28 heavy (non-hydrogen) atoms. The number of benzene rings is 2. The molecule has 0 bridgehead atoms. The molecule has 146 valence electrons. The molecule has 0 aliphatic carbocycles. The highest BCUT2D eigenvalue weighted by Crippen LogP contribution is 2.22. The summed E-state index contributed by atoms with van der Waals surface area (Å²) in [6.07, 6.45) is 4.40. The van der Waals surface area contributed by atoms with Crippen molar-refractivity contribution in [1.82, 2.24) is 10.3 Å². The Hall–Kier alpha value is -2.59. The molecule has 0 radical (unpaired) electrons. The molecule has 1 N–H and O–H groups in total. The van der Waals surface area contributed by atoms with Crippen molar-refractivity contribution in [2.75, 3.05) is 19.7 Å². The Kier molecular flexibility index (Phi) is 6.07. The zero-order chi connectivity index (χ0) is 19.2. The lowest BCUT2D eigenvalue weighted by Crippen LogP contribution is -2.09. The average molecular weight is 377 g/mol. The number of aryl methyl sites for hydroxylation is 2. The van der Waals surface area contributed by atoms with E-state index in [-0.39, 0.29) is 0 Å². The summed E-state index contributed by atoms with van der Waals surface area (Å²) in [5, 5.41) is 3.44. The molecule has 2 aromatic carbocycles. The number of hydrogen-bond donors (Lipinski definition) is 1. The summed E-state index contributed by atoms with van der Waals surface area (Å²) >= 11 is 0. The second-order valence-electron chi connectivity index (χ2n) is 7.53. The van der Waals surface area contributed by atoms with E-state index in [1.807, 2.05) is 43.3 Å². The van der Waals surface area contributed by atoms with Gasteiger partial charge < -0.3 is 14.5 Å². The normalized spacial score (nSPS) is 16.4. The van der Waals surface area contributed by atoms with Crippen molar-refractivity contribution in [2.24, 2.45) is 5.92 Å². The number of ether oxygens (including phenoxy) is 1. The van der Waals surface area contributed by atoms with Crippen molar-refractivity contribution >= 4 is 0 Å². The largest absolute Gasteiger partial charge is 0.493 e. The second kappa shape index (κ2) is 9.07. The summed E-state index contributed by atoms with van der Waals surface area (Å²) in [5.41, 5.74) is 3.32.